The summed E-state index contributed by atoms with van der Waals surface area (Å²) in [5.74, 6) is -0.993. The van der Waals surface area contributed by atoms with Crippen LogP contribution in [0.5, 0.6) is 0 Å². The molecular weight excluding hydrogens is 292 g/mol. The Morgan fingerprint density at radius 3 is 2.65 bits per heavy atom. The molecule has 1 unspecified atom stereocenters. The monoisotopic (exact) mass is 302 g/mol. The maximum Gasteiger partial charge on any atom is 0.325 e. The molecule has 0 radical (unpaired) electrons. The summed E-state index contributed by atoms with van der Waals surface area (Å²) in [5, 5.41) is 22.2. The first-order valence-electron chi connectivity index (χ1n) is 4.76. The lowest BCUT2D eigenvalue weighted by Crippen LogP contribution is -2.25. The van der Waals surface area contributed by atoms with Crippen LogP contribution in [-0.2, 0) is 4.79 Å². The maximum absolute atomic E-state index is 10.7. The molecule has 92 valence electrons. The lowest BCUT2D eigenvalue weighted by atomic mass is 10.1. The van der Waals surface area contributed by atoms with Gasteiger partial charge in [-0.25, -0.2) is 0 Å². The van der Waals surface area contributed by atoms with E-state index in [1.54, 1.807) is 13.0 Å². The van der Waals surface area contributed by atoms with E-state index in [1.807, 2.05) is 0 Å². The fraction of sp³-hybridized carbons (Fsp3) is 0.300. The molecule has 6 nitrogen and oxygen atoms in total. The summed E-state index contributed by atoms with van der Waals surface area (Å²) in [4.78, 5) is 20.9. The smallest absolute Gasteiger partial charge is 0.325 e. The van der Waals surface area contributed by atoms with E-state index in [0.29, 0.717) is 15.7 Å². The third-order valence-corrected chi connectivity index (χ3v) is 2.88. The zero-order valence-electron chi connectivity index (χ0n) is 9.23. The molecule has 0 spiro atoms. The van der Waals surface area contributed by atoms with Crippen molar-refractivity contribution in [1.29, 1.82) is 0 Å². The molecule has 0 aliphatic carbocycles. The van der Waals surface area contributed by atoms with E-state index in [1.165, 1.54) is 13.0 Å². The Bertz CT molecular complexity index is 476. The average Bonchev–Trinajstić information content (AvgIpc) is 2.22. The van der Waals surface area contributed by atoms with Crippen LogP contribution >= 0.6 is 15.9 Å². The molecule has 0 heterocycles. The minimum absolute atomic E-state index is 0.00889. The van der Waals surface area contributed by atoms with Gasteiger partial charge in [0.05, 0.1) is 4.92 Å². The molecule has 0 aliphatic rings. The molecular formula is C10H11BrN2O4. The predicted octanol–water partition coefficient (Wildman–Crippen LogP) is 2.55. The number of carboxylic acid groups (broad SMARTS) is 1. The van der Waals surface area contributed by atoms with E-state index in [9.17, 15) is 14.9 Å². The number of aryl methyl sites for hydroxylation is 1. The van der Waals surface area contributed by atoms with Gasteiger partial charge in [0.15, 0.2) is 0 Å². The van der Waals surface area contributed by atoms with Crippen LogP contribution < -0.4 is 5.32 Å². The quantitative estimate of drug-likeness (QED) is 0.658. The van der Waals surface area contributed by atoms with Crippen LogP contribution in [0, 0.1) is 17.0 Å². The molecule has 0 bridgehead atoms. The first-order valence-corrected chi connectivity index (χ1v) is 5.56. The number of nitrogens with zero attached hydrogens (tertiary/aromatic N) is 1. The van der Waals surface area contributed by atoms with Gasteiger partial charge in [0, 0.05) is 21.8 Å². The second-order valence-electron chi connectivity index (χ2n) is 3.58. The van der Waals surface area contributed by atoms with Crippen LogP contribution in [0.2, 0.25) is 0 Å². The number of rotatable bonds is 4. The number of nitro benzene ring substituents is 1. The number of halogens is 1. The summed E-state index contributed by atoms with van der Waals surface area (Å²) in [6.07, 6.45) is 0. The van der Waals surface area contributed by atoms with Crippen LogP contribution in [0.4, 0.5) is 11.4 Å². The lowest BCUT2D eigenvalue weighted by molar-refractivity contribution is -0.385. The molecule has 0 saturated heterocycles. The Morgan fingerprint density at radius 2 is 2.18 bits per heavy atom. The second-order valence-corrected chi connectivity index (χ2v) is 4.43. The SMILES string of the molecule is Cc1cc(NC(C)C(=O)O)c(Br)cc1[N+](=O)[O-]. The molecule has 1 aromatic carbocycles. The number of anilines is 1. The summed E-state index contributed by atoms with van der Waals surface area (Å²) < 4.78 is 0.461. The van der Waals surface area contributed by atoms with Crippen LogP contribution in [0.3, 0.4) is 0 Å². The van der Waals surface area contributed by atoms with Crippen LogP contribution in [0.15, 0.2) is 16.6 Å². The molecule has 0 amide bonds. The zero-order valence-corrected chi connectivity index (χ0v) is 10.8. The van der Waals surface area contributed by atoms with Crippen molar-refractivity contribution in [2.45, 2.75) is 19.9 Å². The van der Waals surface area contributed by atoms with E-state index in [0.717, 1.165) is 0 Å². The van der Waals surface area contributed by atoms with Crippen LogP contribution in [0.25, 0.3) is 0 Å². The van der Waals surface area contributed by atoms with Gasteiger partial charge >= 0.3 is 5.97 Å². The first-order chi connectivity index (χ1) is 7.82. The van der Waals surface area contributed by atoms with Gasteiger partial charge in [-0.2, -0.15) is 0 Å². The van der Waals surface area contributed by atoms with E-state index >= 15 is 0 Å². The summed E-state index contributed by atoms with van der Waals surface area (Å²) in [7, 11) is 0. The average molecular weight is 303 g/mol. The summed E-state index contributed by atoms with van der Waals surface area (Å²) in [6.45, 7) is 3.09. The molecule has 1 rings (SSSR count). The summed E-state index contributed by atoms with van der Waals surface area (Å²) in [6, 6.07) is 2.13. The van der Waals surface area contributed by atoms with Gasteiger partial charge in [0.25, 0.3) is 5.69 Å². The molecule has 0 saturated carbocycles. The normalized spacial score (nSPS) is 11.9. The van der Waals surface area contributed by atoms with Crippen LogP contribution in [-0.4, -0.2) is 22.0 Å². The Labute approximate surface area is 106 Å². The number of hydrogen-bond acceptors (Lipinski definition) is 4. The molecule has 0 aliphatic heterocycles. The summed E-state index contributed by atoms with van der Waals surface area (Å²) >= 11 is 3.17. The minimum atomic E-state index is -0.993. The van der Waals surface area contributed by atoms with Crippen molar-refractivity contribution >= 4 is 33.3 Å². The number of aliphatic carboxylic acids is 1. The number of hydrogen-bond donors (Lipinski definition) is 2. The van der Waals surface area contributed by atoms with Gasteiger partial charge in [-0.1, -0.05) is 0 Å². The Morgan fingerprint density at radius 1 is 1.59 bits per heavy atom. The predicted molar refractivity (Wildman–Crippen MR) is 66.3 cm³/mol. The second kappa shape index (κ2) is 5.13. The molecule has 0 fully saturated rings. The fourth-order valence-corrected chi connectivity index (χ4v) is 1.72. The van der Waals surface area contributed by atoms with E-state index in [2.05, 4.69) is 21.2 Å². The van der Waals surface area contributed by atoms with Crippen molar-refractivity contribution < 1.29 is 14.8 Å². The van der Waals surface area contributed by atoms with Crippen molar-refractivity contribution in [2.24, 2.45) is 0 Å². The van der Waals surface area contributed by atoms with Gasteiger partial charge in [0.1, 0.15) is 6.04 Å². The standard InChI is InChI=1S/C10H11BrN2O4/c1-5-3-8(12-6(2)10(14)15)7(11)4-9(5)13(16)17/h3-4,6,12H,1-2H3,(H,14,15). The highest BCUT2D eigenvalue weighted by molar-refractivity contribution is 9.10. The topological polar surface area (TPSA) is 92.5 Å². The number of benzene rings is 1. The molecule has 7 heteroatoms. The van der Waals surface area contributed by atoms with Crippen molar-refractivity contribution in [1.82, 2.24) is 0 Å². The number of nitrogens with one attached hydrogen (secondary N) is 1. The third kappa shape index (κ3) is 3.16. The number of carbonyl (C=O) groups is 1. The maximum atomic E-state index is 10.7. The molecule has 1 aromatic rings. The largest absolute Gasteiger partial charge is 0.480 e. The fourth-order valence-electron chi connectivity index (χ4n) is 1.27. The molecule has 0 aromatic heterocycles. The van der Waals surface area contributed by atoms with Gasteiger partial charge in [-0.15, -0.1) is 0 Å². The van der Waals surface area contributed by atoms with Gasteiger partial charge in [0.2, 0.25) is 0 Å². The van der Waals surface area contributed by atoms with Crippen molar-refractivity contribution in [3.63, 3.8) is 0 Å². The van der Waals surface area contributed by atoms with Crippen LogP contribution in [0.1, 0.15) is 12.5 Å². The Kier molecular flexibility index (Phi) is 4.06. The van der Waals surface area contributed by atoms with E-state index in [4.69, 9.17) is 5.11 Å². The van der Waals surface area contributed by atoms with Crippen molar-refractivity contribution in [3.8, 4) is 0 Å². The minimum Gasteiger partial charge on any atom is -0.480 e. The van der Waals surface area contributed by atoms with Crippen molar-refractivity contribution in [2.75, 3.05) is 5.32 Å². The Hall–Kier alpha value is -1.63. The first kappa shape index (κ1) is 13.4. The van der Waals surface area contributed by atoms with Gasteiger partial charge in [-0.3, -0.25) is 14.9 Å². The van der Waals surface area contributed by atoms with Gasteiger partial charge in [-0.05, 0) is 35.8 Å². The summed E-state index contributed by atoms with van der Waals surface area (Å²) in [5.41, 5.74) is 0.978. The molecule has 2 N–H and O–H groups in total. The third-order valence-electron chi connectivity index (χ3n) is 2.22. The lowest BCUT2D eigenvalue weighted by Gasteiger charge is -2.13. The molecule has 1 atom stereocenters. The molecule has 17 heavy (non-hydrogen) atoms. The Balaban J connectivity index is 3.08. The zero-order chi connectivity index (χ0) is 13.2. The van der Waals surface area contributed by atoms with Gasteiger partial charge < -0.3 is 10.4 Å². The highest BCUT2D eigenvalue weighted by Crippen LogP contribution is 2.30. The van der Waals surface area contributed by atoms with E-state index < -0.39 is 16.9 Å². The van der Waals surface area contributed by atoms with Crippen molar-refractivity contribution in [3.05, 3.63) is 32.3 Å². The number of carboxylic acids is 1. The van der Waals surface area contributed by atoms with E-state index in [-0.39, 0.29) is 5.69 Å². The highest BCUT2D eigenvalue weighted by Gasteiger charge is 2.17. The number of nitro groups is 1. The highest BCUT2D eigenvalue weighted by atomic mass is 79.9.